The molecule has 0 rings (SSSR count). The zero-order valence-electron chi connectivity index (χ0n) is 8.66. The van der Waals surface area contributed by atoms with Gasteiger partial charge in [0, 0.05) is 0 Å². The smallest absolute Gasteiger partial charge is 0.318 e. The lowest BCUT2D eigenvalue weighted by Gasteiger charge is -2.22. The fourth-order valence-corrected chi connectivity index (χ4v) is 2.79. The molecule has 0 bridgehead atoms. The summed E-state index contributed by atoms with van der Waals surface area (Å²) >= 11 is 0. The third kappa shape index (κ3) is 4.23. The molecule has 0 aromatic carbocycles. The first-order valence-electron chi connectivity index (χ1n) is 4.75. The fraction of sp³-hybridized carbons (Fsp3) is 1.00. The molecule has 13 heavy (non-hydrogen) atoms. The quantitative estimate of drug-likeness (QED) is 0.654. The molecule has 1 atom stereocenters. The highest BCUT2D eigenvalue weighted by molar-refractivity contribution is 7.54. The van der Waals surface area contributed by atoms with Gasteiger partial charge in [-0.2, -0.15) is 0 Å². The molecular formula is C8H20NO3P. The molecule has 0 aliphatic heterocycles. The van der Waals surface area contributed by atoms with Crippen molar-refractivity contribution in [2.45, 2.75) is 39.4 Å². The molecule has 0 unspecified atom stereocenters. The van der Waals surface area contributed by atoms with Crippen LogP contribution in [0.3, 0.4) is 0 Å². The number of hydrogen-bond acceptors (Lipinski definition) is 4. The summed E-state index contributed by atoms with van der Waals surface area (Å²) in [4.78, 5) is 0. The molecule has 5 heteroatoms. The van der Waals surface area contributed by atoms with Crippen LogP contribution in [0.2, 0.25) is 0 Å². The molecule has 4 nitrogen and oxygen atoms in total. The maximum atomic E-state index is 11.9. The average Bonchev–Trinajstić information content (AvgIpc) is 2.05. The second kappa shape index (κ2) is 6.55. The van der Waals surface area contributed by atoms with Crippen molar-refractivity contribution in [3.63, 3.8) is 0 Å². The summed E-state index contributed by atoms with van der Waals surface area (Å²) in [6.45, 7) is 6.29. The average molecular weight is 209 g/mol. The zero-order chi connectivity index (χ0) is 10.3. The van der Waals surface area contributed by atoms with Gasteiger partial charge in [-0.15, -0.1) is 0 Å². The Labute approximate surface area is 80.3 Å². The van der Waals surface area contributed by atoms with Crippen LogP contribution in [-0.4, -0.2) is 19.0 Å². The Balaban J connectivity index is 4.28. The van der Waals surface area contributed by atoms with Crippen LogP contribution in [0.25, 0.3) is 0 Å². The van der Waals surface area contributed by atoms with Crippen molar-refractivity contribution in [3.8, 4) is 0 Å². The van der Waals surface area contributed by atoms with Crippen LogP contribution in [0, 0.1) is 0 Å². The van der Waals surface area contributed by atoms with E-state index in [0.29, 0.717) is 19.6 Å². The topological polar surface area (TPSA) is 61.6 Å². The standard InChI is InChI=1S/C8H20NO3P/c1-4-7-8(9)13(10,11-5-2)12-6-3/h8H,4-7,9H2,1-3H3/t8-/m0/s1. The molecule has 0 amide bonds. The first-order valence-corrected chi connectivity index (χ1v) is 6.36. The largest absolute Gasteiger partial charge is 0.347 e. The molecule has 0 spiro atoms. The van der Waals surface area contributed by atoms with Crippen LogP contribution < -0.4 is 5.73 Å². The third-order valence-corrected chi connectivity index (χ3v) is 3.92. The van der Waals surface area contributed by atoms with Crippen molar-refractivity contribution in [2.24, 2.45) is 5.73 Å². The molecule has 0 aromatic rings. The Bertz CT molecular complexity index is 165. The van der Waals surface area contributed by atoms with Gasteiger partial charge in [0.2, 0.25) is 0 Å². The SMILES string of the molecule is CCC[C@@H](N)P(=O)(OCC)OCC. The van der Waals surface area contributed by atoms with E-state index in [2.05, 4.69) is 0 Å². The first-order chi connectivity index (χ1) is 6.10. The van der Waals surface area contributed by atoms with Gasteiger partial charge >= 0.3 is 7.60 Å². The van der Waals surface area contributed by atoms with Crippen molar-refractivity contribution >= 4 is 7.60 Å². The lowest BCUT2D eigenvalue weighted by atomic mass is 10.3. The lowest BCUT2D eigenvalue weighted by molar-refractivity contribution is 0.210. The van der Waals surface area contributed by atoms with Gasteiger partial charge < -0.3 is 14.8 Å². The van der Waals surface area contributed by atoms with E-state index in [-0.39, 0.29) is 0 Å². The van der Waals surface area contributed by atoms with E-state index in [9.17, 15) is 4.57 Å². The predicted octanol–water partition coefficient (Wildman–Crippen LogP) is 2.34. The second-order valence-electron chi connectivity index (χ2n) is 2.73. The Morgan fingerprint density at radius 3 is 2.00 bits per heavy atom. The van der Waals surface area contributed by atoms with Gasteiger partial charge in [0.15, 0.2) is 0 Å². The van der Waals surface area contributed by atoms with Crippen LogP contribution in [0.1, 0.15) is 33.6 Å². The molecule has 0 saturated heterocycles. The third-order valence-electron chi connectivity index (χ3n) is 1.61. The van der Waals surface area contributed by atoms with Gasteiger partial charge in [-0.25, -0.2) is 0 Å². The zero-order valence-corrected chi connectivity index (χ0v) is 9.55. The Morgan fingerprint density at radius 1 is 1.23 bits per heavy atom. The summed E-state index contributed by atoms with van der Waals surface area (Å²) in [6, 6.07) is 0. The minimum absolute atomic E-state index is 0.370. The van der Waals surface area contributed by atoms with E-state index < -0.39 is 13.4 Å². The monoisotopic (exact) mass is 209 g/mol. The maximum absolute atomic E-state index is 11.9. The van der Waals surface area contributed by atoms with Crippen LogP contribution in [0.4, 0.5) is 0 Å². The predicted molar refractivity (Wildman–Crippen MR) is 53.7 cm³/mol. The van der Waals surface area contributed by atoms with Crippen molar-refractivity contribution in [3.05, 3.63) is 0 Å². The Morgan fingerprint density at radius 2 is 1.69 bits per heavy atom. The molecule has 0 saturated carbocycles. The fourth-order valence-electron chi connectivity index (χ4n) is 1.04. The van der Waals surface area contributed by atoms with Gasteiger partial charge in [-0.05, 0) is 20.3 Å². The molecule has 0 fully saturated rings. The van der Waals surface area contributed by atoms with Crippen molar-refractivity contribution in [2.75, 3.05) is 13.2 Å². The minimum Gasteiger partial charge on any atom is -0.318 e. The van der Waals surface area contributed by atoms with E-state index in [1.807, 2.05) is 6.92 Å². The van der Waals surface area contributed by atoms with Gasteiger partial charge in [-0.3, -0.25) is 4.57 Å². The van der Waals surface area contributed by atoms with E-state index in [1.165, 1.54) is 0 Å². The van der Waals surface area contributed by atoms with E-state index in [0.717, 1.165) is 6.42 Å². The highest BCUT2D eigenvalue weighted by Gasteiger charge is 2.31. The van der Waals surface area contributed by atoms with Crippen LogP contribution in [0.15, 0.2) is 0 Å². The summed E-state index contributed by atoms with van der Waals surface area (Å²) in [5.41, 5.74) is 5.72. The summed E-state index contributed by atoms with van der Waals surface area (Å²) < 4.78 is 22.1. The highest BCUT2D eigenvalue weighted by Crippen LogP contribution is 2.52. The van der Waals surface area contributed by atoms with Gasteiger partial charge in [0.1, 0.15) is 5.78 Å². The van der Waals surface area contributed by atoms with Gasteiger partial charge in [-0.1, -0.05) is 13.3 Å². The first kappa shape index (κ1) is 13.1. The Hall–Kier alpha value is 0.110. The summed E-state index contributed by atoms with van der Waals surface area (Å²) in [5, 5.41) is 0. The molecule has 0 aliphatic carbocycles. The van der Waals surface area contributed by atoms with Gasteiger partial charge in [0.25, 0.3) is 0 Å². The molecule has 0 heterocycles. The van der Waals surface area contributed by atoms with Crippen molar-refractivity contribution < 1.29 is 13.6 Å². The molecule has 0 radical (unpaired) electrons. The van der Waals surface area contributed by atoms with Crippen molar-refractivity contribution in [1.82, 2.24) is 0 Å². The minimum atomic E-state index is -3.05. The molecule has 0 aromatic heterocycles. The number of rotatable bonds is 7. The van der Waals surface area contributed by atoms with E-state index >= 15 is 0 Å². The normalized spacial score (nSPS) is 14.5. The van der Waals surface area contributed by atoms with E-state index in [1.54, 1.807) is 13.8 Å². The molecule has 2 N–H and O–H groups in total. The summed E-state index contributed by atoms with van der Waals surface area (Å²) in [6.07, 6.45) is 1.54. The lowest BCUT2D eigenvalue weighted by Crippen LogP contribution is -2.22. The summed E-state index contributed by atoms with van der Waals surface area (Å²) in [5.74, 6) is -0.489. The maximum Gasteiger partial charge on any atom is 0.347 e. The Kier molecular flexibility index (Phi) is 6.60. The molecular weight excluding hydrogens is 189 g/mol. The molecule has 0 aliphatic rings. The van der Waals surface area contributed by atoms with Gasteiger partial charge in [0.05, 0.1) is 13.2 Å². The summed E-state index contributed by atoms with van der Waals surface area (Å²) in [7, 11) is -3.05. The van der Waals surface area contributed by atoms with Crippen LogP contribution in [-0.2, 0) is 13.6 Å². The second-order valence-corrected chi connectivity index (χ2v) is 4.99. The number of hydrogen-bond donors (Lipinski definition) is 1. The number of nitrogens with two attached hydrogens (primary N) is 1. The van der Waals surface area contributed by atoms with Crippen LogP contribution in [0.5, 0.6) is 0 Å². The van der Waals surface area contributed by atoms with E-state index in [4.69, 9.17) is 14.8 Å². The van der Waals surface area contributed by atoms with Crippen molar-refractivity contribution in [1.29, 1.82) is 0 Å². The molecule has 80 valence electrons. The highest BCUT2D eigenvalue weighted by atomic mass is 31.2. The van der Waals surface area contributed by atoms with Crippen LogP contribution >= 0.6 is 7.60 Å².